The van der Waals surface area contributed by atoms with Crippen LogP contribution < -0.4 is 10.1 Å². The normalized spacial score (nSPS) is 20.3. The molecule has 0 aliphatic heterocycles. The number of nitro groups is 1. The molecule has 23 heavy (non-hydrogen) atoms. The maximum Gasteiger partial charge on any atom is 0.309 e. The molecule has 1 aromatic carbocycles. The minimum Gasteiger partial charge on any atom is -0.495 e. The second-order valence-electron chi connectivity index (χ2n) is 5.53. The molecule has 0 bridgehead atoms. The van der Waals surface area contributed by atoms with Crippen molar-refractivity contribution in [2.45, 2.75) is 26.4 Å². The molecule has 2 rings (SSSR count). The lowest BCUT2D eigenvalue weighted by atomic mass is 10.2. The Kier molecular flexibility index (Phi) is 4.83. The Bertz CT molecular complexity index is 645. The number of hydrogen-bond donors (Lipinski definition) is 1. The third-order valence-corrected chi connectivity index (χ3v) is 3.73. The molecule has 8 heteroatoms. The van der Waals surface area contributed by atoms with Crippen LogP contribution in [0.3, 0.4) is 0 Å². The SMILES string of the molecule is COc1ccc([N+](=O)[O-])cc1NC(=O)[C@H](C)OC(=O)[C@@H]1C[C@H]1C. The predicted octanol–water partition coefficient (Wildman–Crippen LogP) is 2.13. The number of methoxy groups -OCH3 is 1. The second-order valence-corrected chi connectivity index (χ2v) is 5.53. The van der Waals surface area contributed by atoms with Crippen LogP contribution in [0.2, 0.25) is 0 Å². The fourth-order valence-electron chi connectivity index (χ4n) is 2.11. The fourth-order valence-corrected chi connectivity index (χ4v) is 2.11. The quantitative estimate of drug-likeness (QED) is 0.488. The molecule has 1 saturated carbocycles. The molecule has 3 atom stereocenters. The molecule has 1 fully saturated rings. The topological polar surface area (TPSA) is 108 Å². The second kappa shape index (κ2) is 6.64. The average molecular weight is 322 g/mol. The summed E-state index contributed by atoms with van der Waals surface area (Å²) in [6.07, 6.45) is -0.231. The van der Waals surface area contributed by atoms with Crippen LogP contribution in [0.25, 0.3) is 0 Å². The smallest absolute Gasteiger partial charge is 0.309 e. The zero-order valence-electron chi connectivity index (χ0n) is 13.1. The van der Waals surface area contributed by atoms with Crippen LogP contribution in [0.15, 0.2) is 18.2 Å². The number of esters is 1. The number of anilines is 1. The molecule has 8 nitrogen and oxygen atoms in total. The molecule has 0 heterocycles. The lowest BCUT2D eigenvalue weighted by molar-refractivity contribution is -0.384. The van der Waals surface area contributed by atoms with E-state index in [-0.39, 0.29) is 29.0 Å². The van der Waals surface area contributed by atoms with Gasteiger partial charge in [0.2, 0.25) is 0 Å². The lowest BCUT2D eigenvalue weighted by Gasteiger charge is -2.15. The van der Waals surface area contributed by atoms with Crippen molar-refractivity contribution in [3.05, 3.63) is 28.3 Å². The van der Waals surface area contributed by atoms with Gasteiger partial charge in [-0.3, -0.25) is 19.7 Å². The van der Waals surface area contributed by atoms with Gasteiger partial charge < -0.3 is 14.8 Å². The first-order valence-corrected chi connectivity index (χ1v) is 7.17. The molecule has 1 N–H and O–H groups in total. The van der Waals surface area contributed by atoms with E-state index in [0.29, 0.717) is 0 Å². The maximum absolute atomic E-state index is 12.1. The van der Waals surface area contributed by atoms with Gasteiger partial charge in [0.05, 0.1) is 23.6 Å². The number of rotatable bonds is 6. The molecule has 0 aromatic heterocycles. The van der Waals surface area contributed by atoms with Crippen LogP contribution in [-0.2, 0) is 14.3 Å². The van der Waals surface area contributed by atoms with E-state index in [1.807, 2.05) is 6.92 Å². The maximum atomic E-state index is 12.1. The summed E-state index contributed by atoms with van der Waals surface area (Å²) in [5.74, 6) is -0.554. The molecule has 1 amide bonds. The Hall–Kier alpha value is -2.64. The summed E-state index contributed by atoms with van der Waals surface area (Å²) in [4.78, 5) is 34.1. The zero-order valence-corrected chi connectivity index (χ0v) is 13.1. The number of hydrogen-bond acceptors (Lipinski definition) is 6. The van der Waals surface area contributed by atoms with Gasteiger partial charge in [0.25, 0.3) is 11.6 Å². The minimum atomic E-state index is -1.00. The number of nitrogens with one attached hydrogen (secondary N) is 1. The number of benzene rings is 1. The van der Waals surface area contributed by atoms with Crippen LogP contribution in [-0.4, -0.2) is 30.0 Å². The molecule has 0 saturated heterocycles. The van der Waals surface area contributed by atoms with Gasteiger partial charge in [-0.05, 0) is 25.3 Å². The fraction of sp³-hybridized carbons (Fsp3) is 0.467. The Morgan fingerprint density at radius 2 is 2.09 bits per heavy atom. The van der Waals surface area contributed by atoms with E-state index in [1.165, 1.54) is 32.2 Å². The van der Waals surface area contributed by atoms with Gasteiger partial charge in [-0.25, -0.2) is 0 Å². The predicted molar refractivity (Wildman–Crippen MR) is 81.1 cm³/mol. The van der Waals surface area contributed by atoms with Crippen LogP contribution >= 0.6 is 0 Å². The molecule has 1 aliphatic rings. The van der Waals surface area contributed by atoms with Crippen molar-refractivity contribution in [2.24, 2.45) is 11.8 Å². The summed E-state index contributed by atoms with van der Waals surface area (Å²) in [6.45, 7) is 3.38. The number of carbonyl (C=O) groups excluding carboxylic acids is 2. The first-order valence-electron chi connectivity index (χ1n) is 7.17. The van der Waals surface area contributed by atoms with Gasteiger partial charge in [0, 0.05) is 12.1 Å². The van der Waals surface area contributed by atoms with Gasteiger partial charge in [-0.1, -0.05) is 6.92 Å². The van der Waals surface area contributed by atoms with E-state index in [4.69, 9.17) is 9.47 Å². The van der Waals surface area contributed by atoms with Crippen LogP contribution in [0.5, 0.6) is 5.75 Å². The summed E-state index contributed by atoms with van der Waals surface area (Å²) >= 11 is 0. The number of ether oxygens (including phenoxy) is 2. The summed E-state index contributed by atoms with van der Waals surface area (Å²) in [7, 11) is 1.38. The Morgan fingerprint density at radius 1 is 1.43 bits per heavy atom. The third kappa shape index (κ3) is 3.97. The first-order chi connectivity index (χ1) is 10.8. The number of nitro benzene ring substituents is 1. The minimum absolute atomic E-state index is 0.141. The molecule has 0 unspecified atom stereocenters. The van der Waals surface area contributed by atoms with E-state index >= 15 is 0 Å². The summed E-state index contributed by atoms with van der Waals surface area (Å²) in [5.41, 5.74) is -0.0352. The highest BCUT2D eigenvalue weighted by atomic mass is 16.6. The van der Waals surface area contributed by atoms with Gasteiger partial charge in [-0.2, -0.15) is 0 Å². The number of carbonyl (C=O) groups is 2. The highest BCUT2D eigenvalue weighted by molar-refractivity contribution is 5.96. The highest BCUT2D eigenvalue weighted by Gasteiger charge is 2.41. The monoisotopic (exact) mass is 322 g/mol. The van der Waals surface area contributed by atoms with Gasteiger partial charge >= 0.3 is 5.97 Å². The van der Waals surface area contributed by atoms with Crippen molar-refractivity contribution in [3.8, 4) is 5.75 Å². The molecule has 124 valence electrons. The molecule has 1 aliphatic carbocycles. The van der Waals surface area contributed by atoms with Gasteiger partial charge in [-0.15, -0.1) is 0 Å². The number of nitrogens with zero attached hydrogens (tertiary/aromatic N) is 1. The summed E-state index contributed by atoms with van der Waals surface area (Å²) in [6, 6.07) is 3.84. The van der Waals surface area contributed by atoms with Gasteiger partial charge in [0.15, 0.2) is 6.10 Å². The highest BCUT2D eigenvalue weighted by Crippen LogP contribution is 2.38. The summed E-state index contributed by atoms with van der Waals surface area (Å²) < 4.78 is 10.2. The zero-order chi connectivity index (χ0) is 17.1. The Balaban J connectivity index is 2.04. The standard InChI is InChI=1S/C15H18N2O6/c1-8-6-11(8)15(19)23-9(2)14(18)16-12-7-10(17(20)21)4-5-13(12)22-3/h4-5,7-9,11H,6H2,1-3H3,(H,16,18)/t8-,9+,11-/m1/s1. The van der Waals surface area contributed by atoms with Crippen molar-refractivity contribution in [1.29, 1.82) is 0 Å². The molecule has 0 radical (unpaired) electrons. The van der Waals surface area contributed by atoms with E-state index < -0.39 is 22.9 Å². The number of non-ortho nitro benzene ring substituents is 1. The summed E-state index contributed by atoms with van der Waals surface area (Å²) in [5, 5.41) is 13.3. The van der Waals surface area contributed by atoms with Crippen molar-refractivity contribution in [3.63, 3.8) is 0 Å². The van der Waals surface area contributed by atoms with Crippen LogP contribution in [0, 0.1) is 22.0 Å². The molecule has 1 aromatic rings. The third-order valence-electron chi connectivity index (χ3n) is 3.73. The Morgan fingerprint density at radius 3 is 2.61 bits per heavy atom. The van der Waals surface area contributed by atoms with Gasteiger partial charge in [0.1, 0.15) is 5.75 Å². The van der Waals surface area contributed by atoms with Crippen LogP contribution in [0.1, 0.15) is 20.3 Å². The Labute approximate surface area is 132 Å². The van der Waals surface area contributed by atoms with E-state index in [0.717, 1.165) is 6.42 Å². The largest absolute Gasteiger partial charge is 0.495 e. The molecule has 0 spiro atoms. The van der Waals surface area contributed by atoms with Crippen molar-refractivity contribution in [2.75, 3.05) is 12.4 Å². The molecular weight excluding hydrogens is 304 g/mol. The van der Waals surface area contributed by atoms with Crippen molar-refractivity contribution < 1.29 is 24.0 Å². The lowest BCUT2D eigenvalue weighted by Crippen LogP contribution is -2.30. The van der Waals surface area contributed by atoms with E-state index in [9.17, 15) is 19.7 Å². The van der Waals surface area contributed by atoms with E-state index in [1.54, 1.807) is 0 Å². The number of amides is 1. The molecular formula is C15H18N2O6. The average Bonchev–Trinajstić information content (AvgIpc) is 3.24. The van der Waals surface area contributed by atoms with Crippen LogP contribution in [0.4, 0.5) is 11.4 Å². The van der Waals surface area contributed by atoms with E-state index in [2.05, 4.69) is 5.32 Å². The first kappa shape index (κ1) is 16.7. The van der Waals surface area contributed by atoms with Crippen molar-refractivity contribution >= 4 is 23.3 Å². The van der Waals surface area contributed by atoms with Crippen molar-refractivity contribution in [1.82, 2.24) is 0 Å².